The number of hydrogen-bond donors (Lipinski definition) is 1. The summed E-state index contributed by atoms with van der Waals surface area (Å²) in [4.78, 5) is 2.41. The fourth-order valence-electron chi connectivity index (χ4n) is 3.06. The fourth-order valence-corrected chi connectivity index (χ4v) is 4.71. The van der Waals surface area contributed by atoms with E-state index in [4.69, 9.17) is 5.73 Å². The average molecular weight is 321 g/mol. The van der Waals surface area contributed by atoms with Gasteiger partial charge in [0.1, 0.15) is 0 Å². The van der Waals surface area contributed by atoms with E-state index in [0.29, 0.717) is 38.8 Å². The normalized spacial score (nSPS) is 20.6. The van der Waals surface area contributed by atoms with Crippen LogP contribution < -0.4 is 5.73 Å². The Morgan fingerprint density at radius 1 is 1.10 bits per heavy atom. The van der Waals surface area contributed by atoms with Crippen molar-refractivity contribution >= 4 is 10.2 Å². The third kappa shape index (κ3) is 4.89. The monoisotopic (exact) mass is 320 g/mol. The van der Waals surface area contributed by atoms with E-state index >= 15 is 0 Å². The third-order valence-corrected chi connectivity index (χ3v) is 6.52. The lowest BCUT2D eigenvalue weighted by molar-refractivity contribution is 0.192. The molecule has 1 aliphatic heterocycles. The van der Waals surface area contributed by atoms with Crippen LogP contribution in [0.1, 0.15) is 40.0 Å². The van der Waals surface area contributed by atoms with Gasteiger partial charge in [-0.3, -0.25) is 4.90 Å². The Morgan fingerprint density at radius 2 is 1.76 bits per heavy atom. The summed E-state index contributed by atoms with van der Waals surface area (Å²) in [5, 5.41) is 0. The van der Waals surface area contributed by atoms with E-state index in [1.807, 2.05) is 13.8 Å². The molecule has 0 spiro atoms. The van der Waals surface area contributed by atoms with Crippen LogP contribution >= 0.6 is 0 Å². The predicted molar refractivity (Wildman–Crippen MR) is 87.4 cm³/mol. The van der Waals surface area contributed by atoms with Crippen molar-refractivity contribution in [2.75, 3.05) is 45.8 Å². The van der Waals surface area contributed by atoms with Crippen LogP contribution in [0.3, 0.4) is 0 Å². The quantitative estimate of drug-likeness (QED) is 0.715. The molecule has 0 saturated carbocycles. The molecule has 6 nitrogen and oxygen atoms in total. The van der Waals surface area contributed by atoms with Gasteiger partial charge < -0.3 is 5.73 Å². The molecule has 126 valence electrons. The van der Waals surface area contributed by atoms with Gasteiger partial charge >= 0.3 is 0 Å². The summed E-state index contributed by atoms with van der Waals surface area (Å²) < 4.78 is 28.4. The highest BCUT2D eigenvalue weighted by Crippen LogP contribution is 2.16. The van der Waals surface area contributed by atoms with Crippen molar-refractivity contribution in [3.05, 3.63) is 0 Å². The lowest BCUT2D eigenvalue weighted by Crippen LogP contribution is -2.45. The number of hydrogen-bond acceptors (Lipinski definition) is 4. The maximum absolute atomic E-state index is 12.6. The second-order valence-electron chi connectivity index (χ2n) is 5.52. The van der Waals surface area contributed by atoms with Gasteiger partial charge in [-0.15, -0.1) is 0 Å². The summed E-state index contributed by atoms with van der Waals surface area (Å²) in [5.74, 6) is 0. The first-order valence-electron chi connectivity index (χ1n) is 8.20. The zero-order chi connectivity index (χ0) is 15.9. The Labute approximate surface area is 130 Å². The van der Waals surface area contributed by atoms with Gasteiger partial charge in [0, 0.05) is 38.8 Å². The van der Waals surface area contributed by atoms with Gasteiger partial charge in [0.05, 0.1) is 0 Å². The molecule has 0 radical (unpaired) electrons. The number of nitrogens with two attached hydrogens (primary N) is 1. The van der Waals surface area contributed by atoms with Crippen molar-refractivity contribution < 1.29 is 8.42 Å². The lowest BCUT2D eigenvalue weighted by Gasteiger charge is -2.30. The van der Waals surface area contributed by atoms with E-state index in [1.54, 1.807) is 8.61 Å². The van der Waals surface area contributed by atoms with E-state index in [0.717, 1.165) is 32.4 Å². The van der Waals surface area contributed by atoms with Crippen molar-refractivity contribution in [2.45, 2.75) is 46.1 Å². The molecule has 1 fully saturated rings. The van der Waals surface area contributed by atoms with Crippen LogP contribution in [0.15, 0.2) is 0 Å². The van der Waals surface area contributed by atoms with E-state index in [1.165, 1.54) is 0 Å². The fraction of sp³-hybridized carbons (Fsp3) is 1.00. The van der Waals surface area contributed by atoms with E-state index in [9.17, 15) is 8.42 Å². The first-order valence-corrected chi connectivity index (χ1v) is 9.60. The highest BCUT2D eigenvalue weighted by Gasteiger charge is 2.30. The molecular formula is C14H32N4O2S. The molecule has 0 aromatic heterocycles. The Morgan fingerprint density at radius 3 is 2.29 bits per heavy atom. The molecule has 1 atom stereocenters. The summed E-state index contributed by atoms with van der Waals surface area (Å²) in [6.45, 7) is 10.7. The SMILES string of the molecule is CCC(CCN)N1CCCN(S(=O)(=O)N(CC)CC)CC1. The molecule has 1 heterocycles. The topological polar surface area (TPSA) is 69.9 Å². The van der Waals surface area contributed by atoms with Gasteiger partial charge in [-0.1, -0.05) is 20.8 Å². The Kier molecular flexibility index (Phi) is 8.12. The molecule has 1 saturated heterocycles. The molecule has 0 bridgehead atoms. The van der Waals surface area contributed by atoms with Gasteiger partial charge in [-0.25, -0.2) is 0 Å². The predicted octanol–water partition coefficient (Wildman–Crippen LogP) is 0.708. The minimum Gasteiger partial charge on any atom is -0.330 e. The molecule has 21 heavy (non-hydrogen) atoms. The summed E-state index contributed by atoms with van der Waals surface area (Å²) in [7, 11) is -3.30. The Hall–Kier alpha value is -0.210. The summed E-state index contributed by atoms with van der Waals surface area (Å²) in [6, 6.07) is 0.478. The minimum atomic E-state index is -3.30. The van der Waals surface area contributed by atoms with E-state index < -0.39 is 10.2 Å². The van der Waals surface area contributed by atoms with Crippen LogP contribution in [0.25, 0.3) is 0 Å². The molecule has 1 unspecified atom stereocenters. The van der Waals surface area contributed by atoms with Crippen LogP contribution in [-0.2, 0) is 10.2 Å². The maximum Gasteiger partial charge on any atom is 0.281 e. The molecule has 7 heteroatoms. The molecule has 0 aliphatic carbocycles. The zero-order valence-corrected chi connectivity index (χ0v) is 14.6. The van der Waals surface area contributed by atoms with Crippen molar-refractivity contribution in [3.63, 3.8) is 0 Å². The smallest absolute Gasteiger partial charge is 0.281 e. The van der Waals surface area contributed by atoms with Crippen LogP contribution in [0, 0.1) is 0 Å². The second kappa shape index (κ2) is 9.05. The lowest BCUT2D eigenvalue weighted by atomic mass is 10.1. The van der Waals surface area contributed by atoms with Crippen LogP contribution in [0.5, 0.6) is 0 Å². The third-order valence-electron chi connectivity index (χ3n) is 4.33. The highest BCUT2D eigenvalue weighted by molar-refractivity contribution is 7.86. The van der Waals surface area contributed by atoms with Gasteiger partial charge in [0.25, 0.3) is 10.2 Å². The average Bonchev–Trinajstić information content (AvgIpc) is 2.72. The standard InChI is InChI=1S/C14H32N4O2S/c1-4-14(8-9-15)16-10-7-11-18(13-12-16)21(19,20)17(5-2)6-3/h14H,4-13,15H2,1-3H3. The Balaban J connectivity index is 2.71. The van der Waals surface area contributed by atoms with E-state index in [2.05, 4.69) is 11.8 Å². The first-order chi connectivity index (χ1) is 10.0. The van der Waals surface area contributed by atoms with Gasteiger partial charge in [-0.05, 0) is 32.4 Å². The molecule has 0 aromatic carbocycles. The largest absolute Gasteiger partial charge is 0.330 e. The first kappa shape index (κ1) is 18.8. The second-order valence-corrected chi connectivity index (χ2v) is 7.45. The van der Waals surface area contributed by atoms with Crippen LogP contribution in [0.4, 0.5) is 0 Å². The maximum atomic E-state index is 12.6. The summed E-state index contributed by atoms with van der Waals surface area (Å²) in [5.41, 5.74) is 5.68. The highest BCUT2D eigenvalue weighted by atomic mass is 32.2. The zero-order valence-electron chi connectivity index (χ0n) is 13.8. The summed E-state index contributed by atoms with van der Waals surface area (Å²) >= 11 is 0. The molecular weight excluding hydrogens is 288 g/mol. The number of nitrogens with zero attached hydrogens (tertiary/aromatic N) is 3. The molecule has 1 aliphatic rings. The Bertz CT molecular complexity index is 384. The van der Waals surface area contributed by atoms with Gasteiger partial charge in [0.15, 0.2) is 0 Å². The van der Waals surface area contributed by atoms with Crippen LogP contribution in [0.2, 0.25) is 0 Å². The van der Waals surface area contributed by atoms with Gasteiger partial charge in [-0.2, -0.15) is 17.0 Å². The number of rotatable bonds is 8. The van der Waals surface area contributed by atoms with Crippen molar-refractivity contribution in [1.29, 1.82) is 0 Å². The van der Waals surface area contributed by atoms with Crippen molar-refractivity contribution in [1.82, 2.24) is 13.5 Å². The van der Waals surface area contributed by atoms with Crippen LogP contribution in [-0.4, -0.2) is 73.8 Å². The minimum absolute atomic E-state index is 0.478. The summed E-state index contributed by atoms with van der Waals surface area (Å²) in [6.07, 6.45) is 2.95. The van der Waals surface area contributed by atoms with Gasteiger partial charge in [0.2, 0.25) is 0 Å². The van der Waals surface area contributed by atoms with E-state index in [-0.39, 0.29) is 0 Å². The van der Waals surface area contributed by atoms with Crippen molar-refractivity contribution in [3.8, 4) is 0 Å². The molecule has 1 rings (SSSR count). The molecule has 0 amide bonds. The molecule has 2 N–H and O–H groups in total. The van der Waals surface area contributed by atoms with Crippen molar-refractivity contribution in [2.24, 2.45) is 5.73 Å². The molecule has 0 aromatic rings.